The number of hydrogen-bond acceptors (Lipinski definition) is 3. The second kappa shape index (κ2) is 4.68. The van der Waals surface area contributed by atoms with Crippen molar-refractivity contribution in [3.05, 3.63) is 23.8 Å². The van der Waals surface area contributed by atoms with Crippen LogP contribution < -0.4 is 16.4 Å². The summed E-state index contributed by atoms with van der Waals surface area (Å²) < 4.78 is 0. The molecule has 82 valence electrons. The monoisotopic (exact) mass is 207 g/mol. The smallest absolute Gasteiger partial charge is 0.236 e. The second-order valence-electron chi connectivity index (χ2n) is 3.54. The van der Waals surface area contributed by atoms with E-state index < -0.39 is 0 Å². The highest BCUT2D eigenvalue weighted by Crippen LogP contribution is 2.23. The maximum absolute atomic E-state index is 10.9. The van der Waals surface area contributed by atoms with E-state index in [0.29, 0.717) is 12.2 Å². The van der Waals surface area contributed by atoms with Crippen molar-refractivity contribution in [2.24, 2.45) is 5.73 Å². The summed E-state index contributed by atoms with van der Waals surface area (Å²) in [5, 5.41) is 0. The third kappa shape index (κ3) is 2.87. The maximum Gasteiger partial charge on any atom is 0.236 e. The van der Waals surface area contributed by atoms with Gasteiger partial charge in [-0.2, -0.15) is 0 Å². The van der Waals surface area contributed by atoms with Gasteiger partial charge in [0.25, 0.3) is 0 Å². The predicted octanol–water partition coefficient (Wildman–Crippen LogP) is 0.889. The van der Waals surface area contributed by atoms with E-state index in [1.807, 2.05) is 36.9 Å². The topological polar surface area (TPSA) is 72.3 Å². The predicted molar refractivity (Wildman–Crippen MR) is 62.7 cm³/mol. The molecule has 0 saturated heterocycles. The fourth-order valence-corrected chi connectivity index (χ4v) is 1.48. The van der Waals surface area contributed by atoms with Crippen LogP contribution in [0.4, 0.5) is 11.4 Å². The maximum atomic E-state index is 10.9. The van der Waals surface area contributed by atoms with Crippen molar-refractivity contribution in [3.8, 4) is 0 Å². The molecule has 0 radical (unpaired) electrons. The van der Waals surface area contributed by atoms with E-state index in [9.17, 15) is 4.79 Å². The van der Waals surface area contributed by atoms with Gasteiger partial charge >= 0.3 is 0 Å². The summed E-state index contributed by atoms with van der Waals surface area (Å²) >= 11 is 0. The number of nitrogen functional groups attached to an aromatic ring is 1. The number of rotatable bonds is 4. The van der Waals surface area contributed by atoms with E-state index >= 15 is 0 Å². The molecule has 0 fully saturated rings. The highest BCUT2D eigenvalue weighted by molar-refractivity contribution is 5.81. The van der Waals surface area contributed by atoms with Gasteiger partial charge in [0.05, 0.1) is 17.9 Å². The van der Waals surface area contributed by atoms with E-state index in [-0.39, 0.29) is 12.5 Å². The number of benzene rings is 1. The van der Waals surface area contributed by atoms with Gasteiger partial charge in [0.1, 0.15) is 0 Å². The number of hydrogen-bond donors (Lipinski definition) is 2. The highest BCUT2D eigenvalue weighted by atomic mass is 16.1. The van der Waals surface area contributed by atoms with E-state index in [1.165, 1.54) is 0 Å². The fraction of sp³-hybridized carbons (Fsp3) is 0.364. The average molecular weight is 207 g/mol. The zero-order valence-electron chi connectivity index (χ0n) is 9.16. The largest absolute Gasteiger partial charge is 0.397 e. The molecule has 4 heteroatoms. The van der Waals surface area contributed by atoms with Crippen LogP contribution in [0.15, 0.2) is 18.2 Å². The molecule has 0 aliphatic carbocycles. The fourth-order valence-electron chi connectivity index (χ4n) is 1.48. The van der Waals surface area contributed by atoms with Crippen molar-refractivity contribution in [2.75, 3.05) is 23.7 Å². The molecule has 0 aliphatic heterocycles. The Bertz CT molecular complexity index is 363. The van der Waals surface area contributed by atoms with Crippen molar-refractivity contribution in [1.29, 1.82) is 0 Å². The standard InChI is InChI=1S/C11H17N3O/c1-3-14(7-11(13)15)10-6-8(2)4-5-9(10)12/h4-6H,3,7,12H2,1-2H3,(H2,13,15). The molecule has 1 aromatic rings. The molecule has 0 spiro atoms. The van der Waals surface area contributed by atoms with Crippen LogP contribution in [0.2, 0.25) is 0 Å². The summed E-state index contributed by atoms with van der Waals surface area (Å²) in [6.45, 7) is 4.85. The molecular weight excluding hydrogens is 190 g/mol. The van der Waals surface area contributed by atoms with Gasteiger partial charge in [0, 0.05) is 6.54 Å². The van der Waals surface area contributed by atoms with Gasteiger partial charge in [-0.05, 0) is 31.5 Å². The van der Waals surface area contributed by atoms with Crippen LogP contribution in [0, 0.1) is 6.92 Å². The minimum Gasteiger partial charge on any atom is -0.397 e. The lowest BCUT2D eigenvalue weighted by molar-refractivity contribution is -0.116. The van der Waals surface area contributed by atoms with Crippen LogP contribution in [-0.4, -0.2) is 19.0 Å². The molecule has 1 aromatic carbocycles. The number of carbonyl (C=O) groups is 1. The summed E-state index contributed by atoms with van der Waals surface area (Å²) in [6.07, 6.45) is 0. The first-order chi connectivity index (χ1) is 7.04. The molecule has 0 saturated carbocycles. The molecule has 15 heavy (non-hydrogen) atoms. The number of carbonyl (C=O) groups excluding carboxylic acids is 1. The Hall–Kier alpha value is -1.71. The normalized spacial score (nSPS) is 10.0. The van der Waals surface area contributed by atoms with Gasteiger partial charge in [0.15, 0.2) is 0 Å². The van der Waals surface area contributed by atoms with Crippen molar-refractivity contribution in [2.45, 2.75) is 13.8 Å². The first-order valence-electron chi connectivity index (χ1n) is 4.94. The molecule has 0 atom stereocenters. The Kier molecular flexibility index (Phi) is 3.55. The molecule has 4 nitrogen and oxygen atoms in total. The third-order valence-corrected chi connectivity index (χ3v) is 2.26. The summed E-state index contributed by atoms with van der Waals surface area (Å²) in [5.74, 6) is -0.349. The van der Waals surface area contributed by atoms with Gasteiger partial charge in [0.2, 0.25) is 5.91 Å². The Morgan fingerprint density at radius 2 is 2.13 bits per heavy atom. The molecule has 0 aliphatic rings. The lowest BCUT2D eigenvalue weighted by atomic mass is 10.1. The number of anilines is 2. The van der Waals surface area contributed by atoms with Crippen LogP contribution in [0.3, 0.4) is 0 Å². The number of likely N-dealkylation sites (N-methyl/N-ethyl adjacent to an activating group) is 1. The Morgan fingerprint density at radius 1 is 1.47 bits per heavy atom. The zero-order chi connectivity index (χ0) is 11.4. The van der Waals surface area contributed by atoms with Crippen LogP contribution in [0.25, 0.3) is 0 Å². The third-order valence-electron chi connectivity index (χ3n) is 2.26. The number of nitrogens with zero attached hydrogens (tertiary/aromatic N) is 1. The quantitative estimate of drug-likeness (QED) is 0.720. The summed E-state index contributed by atoms with van der Waals surface area (Å²) in [6, 6.07) is 5.74. The van der Waals surface area contributed by atoms with Crippen molar-refractivity contribution in [1.82, 2.24) is 0 Å². The number of aryl methyl sites for hydroxylation is 1. The lowest BCUT2D eigenvalue weighted by Gasteiger charge is -2.23. The molecule has 0 unspecified atom stereocenters. The SMILES string of the molecule is CCN(CC(N)=O)c1cc(C)ccc1N. The van der Waals surface area contributed by atoms with Crippen LogP contribution in [0.1, 0.15) is 12.5 Å². The van der Waals surface area contributed by atoms with Gasteiger partial charge < -0.3 is 16.4 Å². The van der Waals surface area contributed by atoms with E-state index in [4.69, 9.17) is 11.5 Å². The Labute approximate surface area is 89.9 Å². The van der Waals surface area contributed by atoms with Gasteiger partial charge in [-0.25, -0.2) is 0 Å². The molecular formula is C11H17N3O. The molecule has 0 bridgehead atoms. The summed E-state index contributed by atoms with van der Waals surface area (Å²) in [4.78, 5) is 12.7. The van der Waals surface area contributed by atoms with Gasteiger partial charge in [-0.3, -0.25) is 4.79 Å². The molecule has 1 amide bonds. The Morgan fingerprint density at radius 3 is 2.67 bits per heavy atom. The number of amides is 1. The first kappa shape index (κ1) is 11.4. The summed E-state index contributed by atoms with van der Waals surface area (Å²) in [7, 11) is 0. The van der Waals surface area contributed by atoms with E-state index in [2.05, 4.69) is 0 Å². The van der Waals surface area contributed by atoms with Gasteiger partial charge in [-0.15, -0.1) is 0 Å². The highest BCUT2D eigenvalue weighted by Gasteiger charge is 2.10. The van der Waals surface area contributed by atoms with Crippen molar-refractivity contribution < 1.29 is 4.79 Å². The van der Waals surface area contributed by atoms with Gasteiger partial charge in [-0.1, -0.05) is 6.07 Å². The van der Waals surface area contributed by atoms with Crippen molar-refractivity contribution in [3.63, 3.8) is 0 Å². The van der Waals surface area contributed by atoms with Crippen LogP contribution in [-0.2, 0) is 4.79 Å². The van der Waals surface area contributed by atoms with E-state index in [0.717, 1.165) is 11.3 Å². The first-order valence-corrected chi connectivity index (χ1v) is 4.94. The minimum absolute atomic E-state index is 0.199. The molecule has 0 heterocycles. The van der Waals surface area contributed by atoms with Crippen LogP contribution in [0.5, 0.6) is 0 Å². The molecule has 1 rings (SSSR count). The van der Waals surface area contributed by atoms with Crippen LogP contribution >= 0.6 is 0 Å². The van der Waals surface area contributed by atoms with Crippen molar-refractivity contribution >= 4 is 17.3 Å². The second-order valence-corrected chi connectivity index (χ2v) is 3.54. The molecule has 4 N–H and O–H groups in total. The number of nitrogens with two attached hydrogens (primary N) is 2. The number of primary amides is 1. The lowest BCUT2D eigenvalue weighted by Crippen LogP contribution is -2.34. The summed E-state index contributed by atoms with van der Waals surface area (Å²) in [5.41, 5.74) is 13.7. The Balaban J connectivity index is 3.00. The molecule has 0 aromatic heterocycles. The average Bonchev–Trinajstić information content (AvgIpc) is 2.18. The zero-order valence-corrected chi connectivity index (χ0v) is 9.16. The van der Waals surface area contributed by atoms with E-state index in [1.54, 1.807) is 0 Å². The minimum atomic E-state index is -0.349.